The van der Waals surface area contributed by atoms with E-state index < -0.39 is 18.1 Å². The molecule has 0 aliphatic rings. The monoisotopic (exact) mass is 391 g/mol. The smallest absolute Gasteiger partial charge is 0.408 e. The first-order chi connectivity index (χ1) is 13.1. The summed E-state index contributed by atoms with van der Waals surface area (Å²) in [5.74, 6) is 0.733. The Balaban J connectivity index is 1.89. The maximum absolute atomic E-state index is 12.3. The molecule has 1 atom stereocenters. The average molecular weight is 391 g/mol. The molecule has 8 nitrogen and oxygen atoms in total. The van der Waals surface area contributed by atoms with Gasteiger partial charge in [-0.3, -0.25) is 0 Å². The van der Waals surface area contributed by atoms with Gasteiger partial charge in [0.2, 0.25) is 0 Å². The Hall–Kier alpha value is -2.81. The fraction of sp³-hybridized carbons (Fsp3) is 0.333. The van der Waals surface area contributed by atoms with Crippen LogP contribution in [0.3, 0.4) is 0 Å². The third kappa shape index (κ3) is 7.14. The number of rotatable bonds is 9. The van der Waals surface area contributed by atoms with Crippen LogP contribution in [0.25, 0.3) is 0 Å². The largest absolute Gasteiger partial charge is 0.497 e. The summed E-state index contributed by atoms with van der Waals surface area (Å²) < 4.78 is 15.4. The van der Waals surface area contributed by atoms with Crippen molar-refractivity contribution in [3.05, 3.63) is 48.3 Å². The van der Waals surface area contributed by atoms with E-state index in [1.54, 1.807) is 49.2 Å². The van der Waals surface area contributed by atoms with Gasteiger partial charge < -0.3 is 19.5 Å². The second kappa shape index (κ2) is 11.0. The minimum atomic E-state index is -0.857. The molecule has 2 aromatic rings. The number of hydrogen-bond acceptors (Lipinski definition) is 8. The predicted octanol–water partition coefficient (Wildman–Crippen LogP) is 2.44. The summed E-state index contributed by atoms with van der Waals surface area (Å²) >= 11 is 1.55. The summed E-state index contributed by atoms with van der Waals surface area (Å²) in [4.78, 5) is 32.0. The molecule has 2 rings (SSSR count). The number of amides is 1. The third-order valence-corrected chi connectivity index (χ3v) is 4.09. The first-order valence-electron chi connectivity index (χ1n) is 8.16. The van der Waals surface area contributed by atoms with E-state index in [4.69, 9.17) is 14.2 Å². The van der Waals surface area contributed by atoms with Crippen LogP contribution < -0.4 is 14.8 Å². The number of esters is 1. The summed E-state index contributed by atoms with van der Waals surface area (Å²) in [5.41, 5.74) is 0.798. The average Bonchev–Trinajstić information content (AvgIpc) is 2.70. The Labute approximate surface area is 161 Å². The fourth-order valence-corrected chi connectivity index (χ4v) is 2.51. The van der Waals surface area contributed by atoms with E-state index in [1.165, 1.54) is 12.4 Å². The summed E-state index contributed by atoms with van der Waals surface area (Å²) in [6.07, 6.45) is 4.52. The van der Waals surface area contributed by atoms with Crippen molar-refractivity contribution in [3.8, 4) is 11.8 Å². The summed E-state index contributed by atoms with van der Waals surface area (Å²) in [7, 11) is 1.58. The van der Waals surface area contributed by atoms with Crippen LogP contribution in [0.4, 0.5) is 4.79 Å². The molecule has 0 aliphatic carbocycles. The van der Waals surface area contributed by atoms with Gasteiger partial charge in [0.1, 0.15) is 18.4 Å². The number of carbonyl (C=O) groups excluding carboxylic acids is 2. The number of thioether (sulfide) groups is 1. The highest BCUT2D eigenvalue weighted by Crippen LogP contribution is 2.12. The van der Waals surface area contributed by atoms with Gasteiger partial charge in [-0.25, -0.2) is 19.6 Å². The number of hydrogen-bond donors (Lipinski definition) is 1. The first kappa shape index (κ1) is 20.5. The van der Waals surface area contributed by atoms with E-state index in [2.05, 4.69) is 15.3 Å². The number of nitrogens with zero attached hydrogens (tertiary/aromatic N) is 2. The lowest BCUT2D eigenvalue weighted by Crippen LogP contribution is -2.43. The van der Waals surface area contributed by atoms with E-state index >= 15 is 0 Å². The SMILES string of the molecule is COc1ccc(COC(=O)N[C@@H](CCSC)C(=O)Oc2ncccn2)cc1. The Bertz CT molecular complexity index is 728. The number of benzene rings is 1. The van der Waals surface area contributed by atoms with Crippen LogP contribution in [0.2, 0.25) is 0 Å². The van der Waals surface area contributed by atoms with Crippen molar-refractivity contribution in [3.63, 3.8) is 0 Å². The lowest BCUT2D eigenvalue weighted by Gasteiger charge is -2.16. The molecule has 1 aromatic carbocycles. The maximum atomic E-state index is 12.3. The molecule has 0 saturated heterocycles. The second-order valence-corrected chi connectivity index (χ2v) is 6.34. The molecule has 0 saturated carbocycles. The van der Waals surface area contributed by atoms with Gasteiger partial charge in [-0.1, -0.05) is 12.1 Å². The lowest BCUT2D eigenvalue weighted by molar-refractivity contribution is -0.137. The molecule has 1 N–H and O–H groups in total. The standard InChI is InChI=1S/C18H21N3O5S/c1-24-14-6-4-13(5-7-14)12-25-18(23)21-15(8-11-27-2)16(22)26-17-19-9-3-10-20-17/h3-7,9-10,15H,8,11-12H2,1-2H3,(H,21,23)/t15-/m0/s1. The Morgan fingerprint density at radius 1 is 1.19 bits per heavy atom. The quantitative estimate of drug-likeness (QED) is 0.651. The van der Waals surface area contributed by atoms with Crippen molar-refractivity contribution < 1.29 is 23.8 Å². The van der Waals surface area contributed by atoms with Gasteiger partial charge in [-0.05, 0) is 42.2 Å². The minimum absolute atomic E-state index is 0.0648. The molecule has 9 heteroatoms. The highest BCUT2D eigenvalue weighted by Gasteiger charge is 2.24. The van der Waals surface area contributed by atoms with Crippen molar-refractivity contribution in [1.29, 1.82) is 0 Å². The van der Waals surface area contributed by atoms with Crippen LogP contribution in [-0.4, -0.2) is 47.2 Å². The molecule has 144 valence electrons. The molecule has 27 heavy (non-hydrogen) atoms. The van der Waals surface area contributed by atoms with Crippen molar-refractivity contribution in [2.24, 2.45) is 0 Å². The van der Waals surface area contributed by atoms with Crippen molar-refractivity contribution >= 4 is 23.8 Å². The predicted molar refractivity (Wildman–Crippen MR) is 101 cm³/mol. The van der Waals surface area contributed by atoms with Crippen LogP contribution in [0, 0.1) is 0 Å². The number of methoxy groups -OCH3 is 1. The van der Waals surface area contributed by atoms with Gasteiger partial charge in [-0.15, -0.1) is 0 Å². The van der Waals surface area contributed by atoms with Gasteiger partial charge in [0.05, 0.1) is 7.11 Å². The van der Waals surface area contributed by atoms with Gasteiger partial charge in [0.25, 0.3) is 0 Å². The highest BCUT2D eigenvalue weighted by molar-refractivity contribution is 7.98. The van der Waals surface area contributed by atoms with Gasteiger partial charge in [0, 0.05) is 12.4 Å². The fourth-order valence-electron chi connectivity index (χ4n) is 2.04. The molecule has 1 aromatic heterocycles. The molecular formula is C18H21N3O5S. The number of aromatic nitrogens is 2. The zero-order chi connectivity index (χ0) is 19.5. The lowest BCUT2D eigenvalue weighted by atomic mass is 10.2. The van der Waals surface area contributed by atoms with Crippen LogP contribution in [0.5, 0.6) is 11.8 Å². The van der Waals surface area contributed by atoms with Crippen LogP contribution in [0.1, 0.15) is 12.0 Å². The van der Waals surface area contributed by atoms with E-state index in [0.717, 1.165) is 5.56 Å². The van der Waals surface area contributed by atoms with E-state index in [9.17, 15) is 9.59 Å². The van der Waals surface area contributed by atoms with Crippen molar-refractivity contribution in [2.45, 2.75) is 19.1 Å². The van der Waals surface area contributed by atoms with Gasteiger partial charge >= 0.3 is 18.1 Å². The minimum Gasteiger partial charge on any atom is -0.497 e. The molecule has 0 radical (unpaired) electrons. The zero-order valence-corrected chi connectivity index (χ0v) is 15.9. The van der Waals surface area contributed by atoms with Gasteiger partial charge in [0.15, 0.2) is 0 Å². The number of ether oxygens (including phenoxy) is 3. The number of alkyl carbamates (subject to hydrolysis) is 1. The van der Waals surface area contributed by atoms with E-state index in [-0.39, 0.29) is 12.6 Å². The van der Waals surface area contributed by atoms with E-state index in [1.807, 2.05) is 6.26 Å². The first-order valence-corrected chi connectivity index (χ1v) is 9.55. The molecule has 0 aliphatic heterocycles. The van der Waals surface area contributed by atoms with Crippen molar-refractivity contribution in [1.82, 2.24) is 15.3 Å². The summed E-state index contributed by atoms with van der Waals surface area (Å²) in [6.45, 7) is 0.0713. The van der Waals surface area contributed by atoms with Crippen molar-refractivity contribution in [2.75, 3.05) is 19.1 Å². The Kier molecular flexibility index (Phi) is 8.37. The number of carbonyl (C=O) groups is 2. The molecular weight excluding hydrogens is 370 g/mol. The maximum Gasteiger partial charge on any atom is 0.408 e. The second-order valence-electron chi connectivity index (χ2n) is 5.36. The van der Waals surface area contributed by atoms with E-state index in [0.29, 0.717) is 17.9 Å². The molecule has 1 amide bonds. The summed E-state index contributed by atoms with van der Waals surface area (Å²) in [5, 5.41) is 2.54. The van der Waals surface area contributed by atoms with Crippen LogP contribution in [-0.2, 0) is 16.1 Å². The molecule has 0 unspecified atom stereocenters. The zero-order valence-electron chi connectivity index (χ0n) is 15.1. The number of nitrogens with one attached hydrogen (secondary N) is 1. The normalized spacial score (nSPS) is 11.3. The van der Waals surface area contributed by atoms with Crippen LogP contribution in [0.15, 0.2) is 42.7 Å². The molecule has 0 fully saturated rings. The highest BCUT2D eigenvalue weighted by atomic mass is 32.2. The third-order valence-electron chi connectivity index (χ3n) is 3.45. The topological polar surface area (TPSA) is 99.6 Å². The van der Waals surface area contributed by atoms with Crippen LogP contribution >= 0.6 is 11.8 Å². The Morgan fingerprint density at radius 3 is 2.52 bits per heavy atom. The molecule has 1 heterocycles. The van der Waals surface area contributed by atoms with Gasteiger partial charge in [-0.2, -0.15) is 11.8 Å². The summed E-state index contributed by atoms with van der Waals surface area (Å²) in [6, 6.07) is 7.81. The molecule has 0 bridgehead atoms. The molecule has 0 spiro atoms. The Morgan fingerprint density at radius 2 is 1.89 bits per heavy atom.